The van der Waals surface area contributed by atoms with E-state index in [0.29, 0.717) is 38.9 Å². The van der Waals surface area contributed by atoms with Crippen LogP contribution in [0.25, 0.3) is 11.0 Å². The number of rotatable bonds is 5. The Hall–Kier alpha value is -3.49. The van der Waals surface area contributed by atoms with E-state index >= 15 is 0 Å². The van der Waals surface area contributed by atoms with Crippen LogP contribution in [0.3, 0.4) is 0 Å². The van der Waals surface area contributed by atoms with Crippen LogP contribution in [0, 0.1) is 5.82 Å². The number of H-pyrrole nitrogens is 1. The first-order chi connectivity index (χ1) is 15.0. The number of fused-ring (bicyclic) bond motifs is 1. The van der Waals surface area contributed by atoms with E-state index in [0.717, 1.165) is 11.0 Å². The number of ether oxygens (including phenoxy) is 1. The first-order valence-electron chi connectivity index (χ1n) is 9.27. The normalized spacial score (nSPS) is 11.4. The van der Waals surface area contributed by atoms with Crippen LogP contribution >= 0.6 is 23.8 Å². The molecule has 4 rings (SSSR count). The highest BCUT2D eigenvalue weighted by molar-refractivity contribution is 7.80. The lowest BCUT2D eigenvalue weighted by Gasteiger charge is -2.08. The van der Waals surface area contributed by atoms with Crippen LogP contribution in [0.1, 0.15) is 12.7 Å². The standard InChI is InChI=1S/C22H17ClFN5OS/c1-13(28-29-22(31)27-18-5-3-2-4-17(18)23)21-25-19-11-10-16(12-20(19)26-21)30-15-8-6-14(24)7-9-15/h2-12H,1H3,(H,25,26)(H2,27,29,31)/b28-13+. The van der Waals surface area contributed by atoms with Crippen LogP contribution < -0.4 is 15.5 Å². The summed E-state index contributed by atoms with van der Waals surface area (Å²) in [4.78, 5) is 7.74. The highest BCUT2D eigenvalue weighted by Gasteiger charge is 2.08. The van der Waals surface area contributed by atoms with Crippen LogP contribution in [0.5, 0.6) is 11.5 Å². The molecule has 0 aliphatic rings. The molecule has 3 N–H and O–H groups in total. The van der Waals surface area contributed by atoms with Crippen molar-refractivity contribution in [1.29, 1.82) is 0 Å². The van der Waals surface area contributed by atoms with Gasteiger partial charge in [-0.2, -0.15) is 5.10 Å². The summed E-state index contributed by atoms with van der Waals surface area (Å²) in [5.41, 5.74) is 5.62. The van der Waals surface area contributed by atoms with Crippen LogP contribution in [0.4, 0.5) is 10.1 Å². The van der Waals surface area contributed by atoms with Crippen LogP contribution in [-0.4, -0.2) is 20.8 Å². The topological polar surface area (TPSA) is 74.3 Å². The summed E-state index contributed by atoms with van der Waals surface area (Å²) < 4.78 is 18.8. The van der Waals surface area contributed by atoms with Gasteiger partial charge in [0.2, 0.25) is 0 Å². The molecule has 31 heavy (non-hydrogen) atoms. The molecule has 9 heteroatoms. The van der Waals surface area contributed by atoms with Crippen LogP contribution in [0.2, 0.25) is 5.02 Å². The average Bonchev–Trinajstić information content (AvgIpc) is 3.19. The maximum atomic E-state index is 13.0. The molecule has 0 radical (unpaired) electrons. The summed E-state index contributed by atoms with van der Waals surface area (Å²) in [6.07, 6.45) is 0. The van der Waals surface area contributed by atoms with Gasteiger partial charge >= 0.3 is 0 Å². The van der Waals surface area contributed by atoms with Gasteiger partial charge in [-0.05, 0) is 67.7 Å². The van der Waals surface area contributed by atoms with E-state index in [1.807, 2.05) is 30.3 Å². The molecular formula is C22H17ClFN5OS. The second-order valence-corrected chi connectivity index (χ2v) is 7.38. The Bertz CT molecular complexity index is 1270. The number of nitrogens with zero attached hydrogens (tertiary/aromatic N) is 2. The largest absolute Gasteiger partial charge is 0.457 e. The second kappa shape index (κ2) is 9.11. The summed E-state index contributed by atoms with van der Waals surface area (Å²) in [6.45, 7) is 1.80. The van der Waals surface area contributed by atoms with Crippen LogP contribution in [0.15, 0.2) is 71.8 Å². The van der Waals surface area contributed by atoms with Crippen molar-refractivity contribution in [3.05, 3.63) is 83.4 Å². The first-order valence-corrected chi connectivity index (χ1v) is 10.1. The number of nitrogens with one attached hydrogen (secondary N) is 3. The molecule has 4 aromatic rings. The Morgan fingerprint density at radius 2 is 1.84 bits per heavy atom. The smallest absolute Gasteiger partial charge is 0.191 e. The summed E-state index contributed by atoms with van der Waals surface area (Å²) in [7, 11) is 0. The van der Waals surface area contributed by atoms with E-state index in [2.05, 4.69) is 25.8 Å². The zero-order valence-electron chi connectivity index (χ0n) is 16.3. The molecule has 1 heterocycles. The molecule has 0 saturated heterocycles. The summed E-state index contributed by atoms with van der Waals surface area (Å²) in [5.74, 6) is 1.42. The van der Waals surface area contributed by atoms with Gasteiger partial charge in [0.15, 0.2) is 10.9 Å². The van der Waals surface area contributed by atoms with E-state index in [9.17, 15) is 4.39 Å². The van der Waals surface area contributed by atoms with Gasteiger partial charge in [0.05, 0.1) is 21.7 Å². The number of anilines is 1. The van der Waals surface area contributed by atoms with Gasteiger partial charge in [0.25, 0.3) is 0 Å². The monoisotopic (exact) mass is 453 g/mol. The summed E-state index contributed by atoms with van der Waals surface area (Å²) in [6, 6.07) is 18.6. The molecule has 1 aromatic heterocycles. The Labute approximate surface area is 188 Å². The predicted octanol–water partition coefficient (Wildman–Crippen LogP) is 5.86. The van der Waals surface area contributed by atoms with Crippen molar-refractivity contribution in [2.45, 2.75) is 6.92 Å². The third-order valence-corrected chi connectivity index (χ3v) is 4.82. The first kappa shape index (κ1) is 20.8. The average molecular weight is 454 g/mol. The Morgan fingerprint density at radius 3 is 2.61 bits per heavy atom. The SMILES string of the molecule is C/C(=N\NC(=S)Nc1ccccc1Cl)c1nc2ccc(Oc3ccc(F)cc3)cc2[nH]1. The predicted molar refractivity (Wildman–Crippen MR) is 126 cm³/mol. The fraction of sp³-hybridized carbons (Fsp3) is 0.0455. The van der Waals surface area contributed by atoms with Gasteiger partial charge in [-0.15, -0.1) is 0 Å². The number of halogens is 2. The number of imidazole rings is 1. The van der Waals surface area contributed by atoms with E-state index in [1.54, 1.807) is 31.2 Å². The molecular weight excluding hydrogens is 437 g/mol. The molecule has 156 valence electrons. The lowest BCUT2D eigenvalue weighted by Crippen LogP contribution is -2.25. The van der Waals surface area contributed by atoms with Crippen molar-refractivity contribution in [2.75, 3.05) is 5.32 Å². The van der Waals surface area contributed by atoms with Crippen molar-refractivity contribution in [1.82, 2.24) is 15.4 Å². The molecule has 0 fully saturated rings. The van der Waals surface area contributed by atoms with Gasteiger partial charge in [-0.1, -0.05) is 23.7 Å². The zero-order chi connectivity index (χ0) is 21.8. The Balaban J connectivity index is 1.45. The van der Waals surface area contributed by atoms with Gasteiger partial charge in [0, 0.05) is 6.07 Å². The number of hydrogen-bond donors (Lipinski definition) is 3. The number of thiocarbonyl (C=S) groups is 1. The van der Waals surface area contributed by atoms with E-state index in [4.69, 9.17) is 28.6 Å². The molecule has 0 atom stereocenters. The second-order valence-electron chi connectivity index (χ2n) is 6.56. The molecule has 0 saturated carbocycles. The van der Waals surface area contributed by atoms with Gasteiger partial charge in [-0.25, -0.2) is 9.37 Å². The van der Waals surface area contributed by atoms with Crippen molar-refractivity contribution in [3.8, 4) is 11.5 Å². The summed E-state index contributed by atoms with van der Waals surface area (Å²) >= 11 is 11.4. The fourth-order valence-electron chi connectivity index (χ4n) is 2.76. The van der Waals surface area contributed by atoms with Gasteiger partial charge in [0.1, 0.15) is 23.0 Å². The lowest BCUT2D eigenvalue weighted by atomic mass is 10.3. The molecule has 0 aliphatic carbocycles. The lowest BCUT2D eigenvalue weighted by molar-refractivity contribution is 0.481. The number of para-hydroxylation sites is 1. The van der Waals surface area contributed by atoms with Gasteiger partial charge < -0.3 is 15.0 Å². The number of hydrazone groups is 1. The van der Waals surface area contributed by atoms with E-state index < -0.39 is 0 Å². The number of aromatic amines is 1. The molecule has 3 aromatic carbocycles. The minimum atomic E-state index is -0.314. The molecule has 6 nitrogen and oxygen atoms in total. The van der Waals surface area contributed by atoms with Crippen molar-refractivity contribution in [2.24, 2.45) is 5.10 Å². The van der Waals surface area contributed by atoms with E-state index in [-0.39, 0.29) is 5.82 Å². The third kappa shape index (κ3) is 5.17. The molecule has 0 aliphatic heterocycles. The van der Waals surface area contributed by atoms with Gasteiger partial charge in [-0.3, -0.25) is 5.43 Å². The quantitative estimate of drug-likeness (QED) is 0.200. The van der Waals surface area contributed by atoms with Crippen LogP contribution in [-0.2, 0) is 0 Å². The van der Waals surface area contributed by atoms with Crippen molar-refractivity contribution >= 4 is 51.4 Å². The van der Waals surface area contributed by atoms with Crippen molar-refractivity contribution in [3.63, 3.8) is 0 Å². The number of aromatic nitrogens is 2. The highest BCUT2D eigenvalue weighted by atomic mass is 35.5. The maximum absolute atomic E-state index is 13.0. The zero-order valence-corrected chi connectivity index (χ0v) is 17.9. The highest BCUT2D eigenvalue weighted by Crippen LogP contribution is 2.25. The molecule has 0 spiro atoms. The Morgan fingerprint density at radius 1 is 1.10 bits per heavy atom. The van der Waals surface area contributed by atoms with E-state index in [1.165, 1.54) is 12.1 Å². The minimum Gasteiger partial charge on any atom is -0.457 e. The van der Waals surface area contributed by atoms with Crippen molar-refractivity contribution < 1.29 is 9.13 Å². The number of benzene rings is 3. The molecule has 0 bridgehead atoms. The number of hydrogen-bond acceptors (Lipinski definition) is 4. The fourth-order valence-corrected chi connectivity index (χ4v) is 3.10. The molecule has 0 unspecified atom stereocenters. The Kier molecular flexibility index (Phi) is 6.11. The minimum absolute atomic E-state index is 0.304. The third-order valence-electron chi connectivity index (χ3n) is 4.29. The summed E-state index contributed by atoms with van der Waals surface area (Å²) in [5, 5.41) is 8.12. The maximum Gasteiger partial charge on any atom is 0.191 e. The molecule has 0 amide bonds.